The highest BCUT2D eigenvalue weighted by atomic mass is 79.9. The molecule has 8 heteroatoms. The Morgan fingerprint density at radius 2 is 2.10 bits per heavy atom. The molecule has 2 rings (SSSR count). The van der Waals surface area contributed by atoms with Crippen LogP contribution in [-0.2, 0) is 23.2 Å². The number of hydrogen-bond acceptors (Lipinski definition) is 5. The van der Waals surface area contributed by atoms with Crippen LogP contribution >= 0.6 is 27.3 Å². The molecular weight excluding hydrogens is 366 g/mol. The van der Waals surface area contributed by atoms with E-state index in [0.29, 0.717) is 0 Å². The van der Waals surface area contributed by atoms with Gasteiger partial charge in [0.15, 0.2) is 4.67 Å². The van der Waals surface area contributed by atoms with Crippen LogP contribution < -0.4 is 4.72 Å². The predicted octanol–water partition coefficient (Wildman–Crippen LogP) is 2.69. The molecule has 0 fully saturated rings. The summed E-state index contributed by atoms with van der Waals surface area (Å²) >= 11 is 4.60. The van der Waals surface area contributed by atoms with E-state index in [1.54, 1.807) is 11.3 Å². The Bertz CT molecular complexity index is 698. The Balaban J connectivity index is 2.16. The van der Waals surface area contributed by atoms with E-state index in [-0.39, 0.29) is 28.5 Å². The summed E-state index contributed by atoms with van der Waals surface area (Å²) in [6.45, 7) is 3.87. The van der Waals surface area contributed by atoms with Gasteiger partial charge in [-0.2, -0.15) is 0 Å². The molecule has 0 spiro atoms. The summed E-state index contributed by atoms with van der Waals surface area (Å²) in [4.78, 5) is 2.11. The molecule has 2 aromatic rings. The smallest absolute Gasteiger partial charge is 0.245 e. The Morgan fingerprint density at radius 3 is 2.60 bits per heavy atom. The average Bonchev–Trinajstić information content (AvgIpc) is 2.91. The standard InChI is InChI=1S/C12H14BrNO4S2/c1-7-3-10(19-8(7)2)5-14-20(16,17)11-4-9(6-15)18-12(11)13/h3-4,14-15H,5-6H2,1-2H3. The number of hydrogen-bond donors (Lipinski definition) is 2. The van der Waals surface area contributed by atoms with Crippen LogP contribution in [-0.4, -0.2) is 13.5 Å². The molecule has 0 saturated carbocycles. The summed E-state index contributed by atoms with van der Waals surface area (Å²) in [5.74, 6) is 0.195. The van der Waals surface area contributed by atoms with Gasteiger partial charge >= 0.3 is 0 Å². The number of aliphatic hydroxyl groups excluding tert-OH is 1. The molecule has 0 bridgehead atoms. The minimum Gasteiger partial charge on any atom is -0.450 e. The van der Waals surface area contributed by atoms with Gasteiger partial charge in [0, 0.05) is 22.4 Å². The lowest BCUT2D eigenvalue weighted by Crippen LogP contribution is -2.22. The largest absolute Gasteiger partial charge is 0.450 e. The Hall–Kier alpha value is -0.670. The van der Waals surface area contributed by atoms with Crippen LogP contribution in [0.2, 0.25) is 0 Å². The predicted molar refractivity (Wildman–Crippen MR) is 80.1 cm³/mol. The van der Waals surface area contributed by atoms with Crippen LogP contribution in [0.3, 0.4) is 0 Å². The summed E-state index contributed by atoms with van der Waals surface area (Å²) in [5.41, 5.74) is 1.15. The monoisotopic (exact) mass is 379 g/mol. The van der Waals surface area contributed by atoms with Gasteiger partial charge in [0.1, 0.15) is 17.3 Å². The second-order valence-corrected chi connectivity index (χ2v) is 8.08. The number of rotatable bonds is 5. The summed E-state index contributed by atoms with van der Waals surface area (Å²) in [7, 11) is -3.68. The van der Waals surface area contributed by atoms with Crippen molar-refractivity contribution >= 4 is 37.3 Å². The van der Waals surface area contributed by atoms with Gasteiger partial charge in [-0.3, -0.25) is 0 Å². The van der Waals surface area contributed by atoms with Gasteiger partial charge in [0.2, 0.25) is 10.0 Å². The van der Waals surface area contributed by atoms with Crippen LogP contribution in [0.25, 0.3) is 0 Å². The maximum atomic E-state index is 12.2. The van der Waals surface area contributed by atoms with Crippen LogP contribution in [0.1, 0.15) is 21.1 Å². The van der Waals surface area contributed by atoms with Crippen LogP contribution in [0.5, 0.6) is 0 Å². The van der Waals surface area contributed by atoms with E-state index in [1.807, 2.05) is 19.9 Å². The fourth-order valence-corrected chi connectivity index (χ4v) is 4.73. The first kappa shape index (κ1) is 15.7. The lowest BCUT2D eigenvalue weighted by molar-refractivity contribution is 0.245. The first-order chi connectivity index (χ1) is 9.33. The number of aliphatic hydroxyl groups is 1. The van der Waals surface area contributed by atoms with Crippen molar-refractivity contribution in [2.24, 2.45) is 0 Å². The zero-order valence-electron chi connectivity index (χ0n) is 10.9. The summed E-state index contributed by atoms with van der Waals surface area (Å²) in [6, 6.07) is 3.27. The van der Waals surface area contributed by atoms with Crippen molar-refractivity contribution in [2.75, 3.05) is 0 Å². The van der Waals surface area contributed by atoms with Crippen molar-refractivity contribution in [3.05, 3.63) is 37.9 Å². The average molecular weight is 380 g/mol. The molecule has 0 atom stereocenters. The molecule has 0 aliphatic rings. The molecule has 0 aliphatic heterocycles. The zero-order chi connectivity index (χ0) is 14.9. The quantitative estimate of drug-likeness (QED) is 0.836. The minimum absolute atomic E-state index is 0.00782. The Kier molecular flexibility index (Phi) is 4.70. The maximum Gasteiger partial charge on any atom is 0.245 e. The van der Waals surface area contributed by atoms with E-state index in [1.165, 1.54) is 10.9 Å². The van der Waals surface area contributed by atoms with E-state index in [9.17, 15) is 8.42 Å². The molecule has 0 unspecified atom stereocenters. The maximum absolute atomic E-state index is 12.2. The zero-order valence-corrected chi connectivity index (χ0v) is 14.2. The van der Waals surface area contributed by atoms with Crippen molar-refractivity contribution < 1.29 is 17.9 Å². The van der Waals surface area contributed by atoms with Crippen molar-refractivity contribution in [2.45, 2.75) is 31.9 Å². The Labute approximate surface area is 129 Å². The van der Waals surface area contributed by atoms with Crippen LogP contribution in [0.15, 0.2) is 26.1 Å². The van der Waals surface area contributed by atoms with Gasteiger partial charge < -0.3 is 9.52 Å². The van der Waals surface area contributed by atoms with Crippen molar-refractivity contribution in [1.29, 1.82) is 0 Å². The van der Waals surface area contributed by atoms with E-state index in [2.05, 4.69) is 20.7 Å². The number of aryl methyl sites for hydroxylation is 2. The number of thiophene rings is 1. The number of furan rings is 1. The minimum atomic E-state index is -3.68. The first-order valence-electron chi connectivity index (χ1n) is 5.78. The lowest BCUT2D eigenvalue weighted by Gasteiger charge is -2.03. The molecule has 0 aromatic carbocycles. The third kappa shape index (κ3) is 3.32. The Morgan fingerprint density at radius 1 is 1.40 bits per heavy atom. The SMILES string of the molecule is Cc1cc(CNS(=O)(=O)c2cc(CO)oc2Br)sc1C. The highest BCUT2D eigenvalue weighted by Crippen LogP contribution is 2.27. The highest BCUT2D eigenvalue weighted by Gasteiger charge is 2.22. The normalized spacial score (nSPS) is 12.0. The van der Waals surface area contributed by atoms with Crippen LogP contribution in [0.4, 0.5) is 0 Å². The molecule has 20 heavy (non-hydrogen) atoms. The topological polar surface area (TPSA) is 79.5 Å². The number of nitrogens with one attached hydrogen (secondary N) is 1. The first-order valence-corrected chi connectivity index (χ1v) is 8.87. The van der Waals surface area contributed by atoms with Crippen molar-refractivity contribution in [3.63, 3.8) is 0 Å². The fraction of sp³-hybridized carbons (Fsp3) is 0.333. The number of halogens is 1. The third-order valence-electron chi connectivity index (χ3n) is 2.81. The van der Waals surface area contributed by atoms with Gasteiger partial charge in [-0.05, 0) is 41.4 Å². The van der Waals surface area contributed by atoms with Crippen LogP contribution in [0, 0.1) is 13.8 Å². The van der Waals surface area contributed by atoms with Gasteiger partial charge in [0.05, 0.1) is 0 Å². The van der Waals surface area contributed by atoms with E-state index >= 15 is 0 Å². The molecular formula is C12H14BrNO4S2. The summed E-state index contributed by atoms with van der Waals surface area (Å²) in [5, 5.41) is 8.95. The van der Waals surface area contributed by atoms with Crippen molar-refractivity contribution in [3.8, 4) is 0 Å². The van der Waals surface area contributed by atoms with Gasteiger partial charge in [-0.25, -0.2) is 13.1 Å². The molecule has 5 nitrogen and oxygen atoms in total. The number of sulfonamides is 1. The molecule has 2 heterocycles. The summed E-state index contributed by atoms with van der Waals surface area (Å²) in [6.07, 6.45) is 0. The van der Waals surface area contributed by atoms with Gasteiger partial charge in [-0.15, -0.1) is 11.3 Å². The molecule has 0 aliphatic carbocycles. The van der Waals surface area contributed by atoms with E-state index in [4.69, 9.17) is 9.52 Å². The molecule has 0 amide bonds. The fourth-order valence-electron chi connectivity index (χ4n) is 1.64. The molecule has 0 saturated heterocycles. The molecule has 2 N–H and O–H groups in total. The lowest BCUT2D eigenvalue weighted by atomic mass is 10.3. The second-order valence-electron chi connectivity index (χ2n) is 4.29. The molecule has 0 radical (unpaired) electrons. The second kappa shape index (κ2) is 5.98. The summed E-state index contributed by atoms with van der Waals surface area (Å²) < 4.78 is 32.0. The third-order valence-corrected chi connectivity index (χ3v) is 6.22. The van der Waals surface area contributed by atoms with Crippen molar-refractivity contribution in [1.82, 2.24) is 4.72 Å². The molecule has 110 valence electrons. The van der Waals surface area contributed by atoms with E-state index < -0.39 is 10.0 Å². The highest BCUT2D eigenvalue weighted by molar-refractivity contribution is 9.10. The van der Waals surface area contributed by atoms with E-state index in [0.717, 1.165) is 10.4 Å². The van der Waals surface area contributed by atoms with Gasteiger partial charge in [0.25, 0.3) is 0 Å². The van der Waals surface area contributed by atoms with Gasteiger partial charge in [-0.1, -0.05) is 0 Å². The molecule has 2 aromatic heterocycles.